The Labute approximate surface area is 190 Å². The SMILES string of the molecule is CCN(CC)C(=O)C1(NC(=O)C2CCN(S(=O)(=O)c3ccc(F)cc3)CC2)CCCCC1. The van der Waals surface area contributed by atoms with Gasteiger partial charge in [0.1, 0.15) is 11.4 Å². The number of halogens is 1. The molecule has 2 amide bonds. The van der Waals surface area contributed by atoms with Gasteiger partial charge in [-0.2, -0.15) is 4.31 Å². The molecule has 0 bridgehead atoms. The van der Waals surface area contributed by atoms with Crippen molar-refractivity contribution in [3.05, 3.63) is 30.1 Å². The summed E-state index contributed by atoms with van der Waals surface area (Å²) in [7, 11) is -3.72. The lowest BCUT2D eigenvalue weighted by Crippen LogP contribution is -2.61. The fraction of sp³-hybridized carbons (Fsp3) is 0.652. The van der Waals surface area contributed by atoms with Crippen molar-refractivity contribution in [3.63, 3.8) is 0 Å². The fourth-order valence-electron chi connectivity index (χ4n) is 4.81. The number of piperidine rings is 1. The lowest BCUT2D eigenvalue weighted by Gasteiger charge is -2.41. The first-order chi connectivity index (χ1) is 15.2. The standard InChI is InChI=1S/C23H34FN3O4S/c1-3-26(4-2)22(29)23(14-6-5-7-15-23)25-21(28)18-12-16-27(17-13-18)32(30,31)20-10-8-19(24)9-11-20/h8-11,18H,3-7,12-17H2,1-2H3,(H,25,28). The number of nitrogens with one attached hydrogen (secondary N) is 1. The number of nitrogens with zero attached hydrogens (tertiary/aromatic N) is 2. The molecule has 0 atom stereocenters. The van der Waals surface area contributed by atoms with E-state index in [-0.39, 0.29) is 35.7 Å². The number of carbonyl (C=O) groups is 2. The van der Waals surface area contributed by atoms with Crippen LogP contribution in [0, 0.1) is 11.7 Å². The van der Waals surface area contributed by atoms with E-state index >= 15 is 0 Å². The van der Waals surface area contributed by atoms with Gasteiger partial charge >= 0.3 is 0 Å². The molecule has 3 rings (SSSR count). The normalized spacial score (nSPS) is 20.0. The average Bonchev–Trinajstić information content (AvgIpc) is 2.80. The van der Waals surface area contributed by atoms with Gasteiger partial charge < -0.3 is 10.2 Å². The van der Waals surface area contributed by atoms with E-state index in [0.717, 1.165) is 31.4 Å². The molecule has 0 unspecified atom stereocenters. The van der Waals surface area contributed by atoms with E-state index < -0.39 is 21.4 Å². The number of likely N-dealkylation sites (N-methyl/N-ethyl adjacent to an activating group) is 1. The zero-order chi connectivity index (χ0) is 23.4. The molecule has 0 aromatic heterocycles. The summed E-state index contributed by atoms with van der Waals surface area (Å²) in [6, 6.07) is 4.78. The first-order valence-electron chi connectivity index (χ1n) is 11.6. The zero-order valence-electron chi connectivity index (χ0n) is 19.0. The van der Waals surface area contributed by atoms with Crippen LogP contribution in [-0.2, 0) is 19.6 Å². The maximum atomic E-state index is 13.3. The van der Waals surface area contributed by atoms with Crippen molar-refractivity contribution in [2.24, 2.45) is 5.92 Å². The third-order valence-corrected chi connectivity index (χ3v) is 8.72. The third kappa shape index (κ3) is 5.14. The predicted octanol–water partition coefficient (Wildman–Crippen LogP) is 2.91. The van der Waals surface area contributed by atoms with Crippen molar-refractivity contribution < 1.29 is 22.4 Å². The second kappa shape index (κ2) is 10.3. The number of hydrogen-bond acceptors (Lipinski definition) is 4. The van der Waals surface area contributed by atoms with Crippen LogP contribution in [0.25, 0.3) is 0 Å². The molecule has 178 valence electrons. The van der Waals surface area contributed by atoms with E-state index in [0.29, 0.717) is 38.8 Å². The molecule has 7 nitrogen and oxygen atoms in total. The van der Waals surface area contributed by atoms with Crippen molar-refractivity contribution in [1.29, 1.82) is 0 Å². The van der Waals surface area contributed by atoms with Gasteiger partial charge in [-0.3, -0.25) is 9.59 Å². The van der Waals surface area contributed by atoms with Crippen molar-refractivity contribution >= 4 is 21.8 Å². The first-order valence-corrected chi connectivity index (χ1v) is 13.0. The number of carbonyl (C=O) groups excluding carboxylic acids is 2. The number of sulfonamides is 1. The van der Waals surface area contributed by atoms with Crippen LogP contribution < -0.4 is 5.32 Å². The summed E-state index contributed by atoms with van der Waals surface area (Å²) in [4.78, 5) is 28.2. The van der Waals surface area contributed by atoms with Gasteiger partial charge in [-0.05, 0) is 63.8 Å². The van der Waals surface area contributed by atoms with Crippen LogP contribution in [0.5, 0.6) is 0 Å². The molecule has 0 spiro atoms. The molecule has 1 aromatic rings. The van der Waals surface area contributed by atoms with E-state index in [1.54, 1.807) is 4.90 Å². The number of hydrogen-bond donors (Lipinski definition) is 1. The zero-order valence-corrected chi connectivity index (χ0v) is 19.8. The van der Waals surface area contributed by atoms with Gasteiger partial charge in [0.05, 0.1) is 4.90 Å². The molecule has 9 heteroatoms. The molecule has 1 N–H and O–H groups in total. The molecule has 32 heavy (non-hydrogen) atoms. The van der Waals surface area contributed by atoms with E-state index in [1.807, 2.05) is 13.8 Å². The van der Waals surface area contributed by atoms with Gasteiger partial charge in [0.15, 0.2) is 0 Å². The molecule has 1 saturated carbocycles. The van der Waals surface area contributed by atoms with E-state index in [1.165, 1.54) is 16.4 Å². The first kappa shape index (κ1) is 24.6. The molecule has 1 aliphatic heterocycles. The predicted molar refractivity (Wildman–Crippen MR) is 120 cm³/mol. The highest BCUT2D eigenvalue weighted by Crippen LogP contribution is 2.32. The van der Waals surface area contributed by atoms with Gasteiger partial charge in [0.25, 0.3) is 0 Å². The van der Waals surface area contributed by atoms with E-state index in [4.69, 9.17) is 0 Å². The molecule has 2 aliphatic rings. The summed E-state index contributed by atoms with van der Waals surface area (Å²) in [5, 5.41) is 3.10. The van der Waals surface area contributed by atoms with Gasteiger partial charge in [-0.1, -0.05) is 19.3 Å². The Morgan fingerprint density at radius 2 is 1.62 bits per heavy atom. The third-order valence-electron chi connectivity index (χ3n) is 6.81. The highest BCUT2D eigenvalue weighted by Gasteiger charge is 2.44. The monoisotopic (exact) mass is 467 g/mol. The minimum atomic E-state index is -3.72. The summed E-state index contributed by atoms with van der Waals surface area (Å²) in [6.45, 7) is 5.52. The van der Waals surface area contributed by atoms with Gasteiger partial charge in [-0.25, -0.2) is 12.8 Å². The van der Waals surface area contributed by atoms with Crippen LogP contribution in [0.1, 0.15) is 58.8 Å². The fourth-order valence-corrected chi connectivity index (χ4v) is 6.28. The quantitative estimate of drug-likeness (QED) is 0.668. The summed E-state index contributed by atoms with van der Waals surface area (Å²) < 4.78 is 40.2. The van der Waals surface area contributed by atoms with Crippen LogP contribution >= 0.6 is 0 Å². The maximum Gasteiger partial charge on any atom is 0.248 e. The lowest BCUT2D eigenvalue weighted by atomic mass is 9.79. The Kier molecular flexibility index (Phi) is 7.92. The molecule has 1 aromatic carbocycles. The van der Waals surface area contributed by atoms with Gasteiger partial charge in [0.2, 0.25) is 21.8 Å². The van der Waals surface area contributed by atoms with Gasteiger partial charge in [0, 0.05) is 32.1 Å². The Bertz CT molecular complexity index is 902. The van der Waals surface area contributed by atoms with Crippen LogP contribution in [0.3, 0.4) is 0 Å². The van der Waals surface area contributed by atoms with E-state index in [9.17, 15) is 22.4 Å². The minimum absolute atomic E-state index is 0.00752. The number of rotatable bonds is 7. The van der Waals surface area contributed by atoms with Crippen molar-refractivity contribution in [3.8, 4) is 0 Å². The average molecular weight is 468 g/mol. The van der Waals surface area contributed by atoms with Crippen molar-refractivity contribution in [1.82, 2.24) is 14.5 Å². The molecule has 2 fully saturated rings. The maximum absolute atomic E-state index is 13.3. The molecular formula is C23H34FN3O4S. The van der Waals surface area contributed by atoms with Crippen LogP contribution in [0.15, 0.2) is 29.2 Å². The molecule has 1 aliphatic carbocycles. The smallest absolute Gasteiger partial charge is 0.248 e. The molecule has 0 radical (unpaired) electrons. The summed E-state index contributed by atoms with van der Waals surface area (Å²) in [5.74, 6) is -0.994. The molecule has 1 saturated heterocycles. The lowest BCUT2D eigenvalue weighted by molar-refractivity contribution is -0.144. The second-order valence-electron chi connectivity index (χ2n) is 8.74. The highest BCUT2D eigenvalue weighted by atomic mass is 32.2. The van der Waals surface area contributed by atoms with E-state index in [2.05, 4.69) is 5.32 Å². The van der Waals surface area contributed by atoms with Crippen molar-refractivity contribution in [2.75, 3.05) is 26.2 Å². The van der Waals surface area contributed by atoms with Crippen LogP contribution in [-0.4, -0.2) is 61.2 Å². The molecular weight excluding hydrogens is 433 g/mol. The summed E-state index contributed by atoms with van der Waals surface area (Å²) in [5.41, 5.74) is -0.849. The number of benzene rings is 1. The van der Waals surface area contributed by atoms with Crippen molar-refractivity contribution in [2.45, 2.75) is 69.2 Å². The Balaban J connectivity index is 1.66. The highest BCUT2D eigenvalue weighted by molar-refractivity contribution is 7.89. The Morgan fingerprint density at radius 1 is 1.06 bits per heavy atom. The Morgan fingerprint density at radius 3 is 2.16 bits per heavy atom. The molecule has 1 heterocycles. The largest absolute Gasteiger partial charge is 0.341 e. The minimum Gasteiger partial charge on any atom is -0.341 e. The summed E-state index contributed by atoms with van der Waals surface area (Å²) in [6.07, 6.45) is 4.94. The summed E-state index contributed by atoms with van der Waals surface area (Å²) >= 11 is 0. The van der Waals surface area contributed by atoms with Gasteiger partial charge in [-0.15, -0.1) is 0 Å². The topological polar surface area (TPSA) is 86.8 Å². The number of amides is 2. The second-order valence-corrected chi connectivity index (χ2v) is 10.7. The van der Waals surface area contributed by atoms with Crippen LogP contribution in [0.2, 0.25) is 0 Å². The van der Waals surface area contributed by atoms with Crippen LogP contribution in [0.4, 0.5) is 4.39 Å². The Hall–Kier alpha value is -2.00.